The number of halogens is 1. The molecule has 0 saturated heterocycles. The summed E-state index contributed by atoms with van der Waals surface area (Å²) in [5.41, 5.74) is 0. The first-order valence-electron chi connectivity index (χ1n) is 5.02. The summed E-state index contributed by atoms with van der Waals surface area (Å²) in [6, 6.07) is 10.3. The molecule has 0 heterocycles. The van der Waals surface area contributed by atoms with Gasteiger partial charge in [0, 0.05) is 0 Å². The van der Waals surface area contributed by atoms with Gasteiger partial charge in [0.15, 0.2) is 0 Å². The number of hydrogen-bond acceptors (Lipinski definition) is 0. The van der Waals surface area contributed by atoms with Crippen LogP contribution in [-0.4, -0.2) is 19.0 Å². The third-order valence-corrected chi connectivity index (χ3v) is 8.24. The molecule has 0 N–H and O–H groups in total. The molecule has 1 aromatic rings. The summed E-state index contributed by atoms with van der Waals surface area (Å²) in [5.74, 6) is -2.37. The third-order valence-electron chi connectivity index (χ3n) is 2.68. The fourth-order valence-electron chi connectivity index (χ4n) is 1.80. The van der Waals surface area contributed by atoms with Crippen LogP contribution in [-0.2, 0) is 0 Å². The molecule has 0 unspecified atom stereocenters. The molecule has 0 spiro atoms. The summed E-state index contributed by atoms with van der Waals surface area (Å²) in [6.07, 6.45) is 5.54. The second-order valence-corrected chi connectivity index (χ2v) is 12.1. The van der Waals surface area contributed by atoms with Crippen molar-refractivity contribution in [2.24, 2.45) is 0 Å². The molecule has 0 bridgehead atoms. The van der Waals surface area contributed by atoms with Crippen LogP contribution in [0, 0.1) is 0 Å². The van der Waals surface area contributed by atoms with Crippen molar-refractivity contribution in [3.63, 3.8) is 0 Å². The van der Waals surface area contributed by atoms with Crippen molar-refractivity contribution in [1.29, 1.82) is 0 Å². The first-order valence-corrected chi connectivity index (χ1v) is 8.97. The second-order valence-electron chi connectivity index (χ2n) is 4.17. The molecule has 0 amide bonds. The monoisotopic (exact) mass is 240 g/mol. The topological polar surface area (TPSA) is 0 Å². The molecular weight excluding hydrogens is 223 g/mol. The van der Waals surface area contributed by atoms with Gasteiger partial charge in [-0.15, -0.1) is 0 Å². The van der Waals surface area contributed by atoms with Gasteiger partial charge in [-0.1, -0.05) is 0 Å². The molecule has 0 saturated carbocycles. The molecule has 82 valence electrons. The Balaban J connectivity index is 3.22. The molecule has 0 atom stereocenters. The Bertz CT molecular complexity index is 340. The Labute approximate surface area is 97.4 Å². The molecule has 0 aliphatic heterocycles. The Morgan fingerprint density at radius 2 is 1.60 bits per heavy atom. The van der Waals surface area contributed by atoms with Crippen LogP contribution in [0.2, 0.25) is 0 Å². The van der Waals surface area contributed by atoms with Gasteiger partial charge in [0.1, 0.15) is 0 Å². The summed E-state index contributed by atoms with van der Waals surface area (Å²) < 4.78 is 0. The van der Waals surface area contributed by atoms with Gasteiger partial charge < -0.3 is 0 Å². The van der Waals surface area contributed by atoms with E-state index in [1.165, 1.54) is 5.30 Å². The summed E-state index contributed by atoms with van der Waals surface area (Å²) in [5, 5.41) is 1.24. The van der Waals surface area contributed by atoms with Crippen molar-refractivity contribution >= 4 is 22.5 Å². The number of hydrogen-bond donors (Lipinski definition) is 0. The van der Waals surface area contributed by atoms with E-state index in [-0.39, 0.29) is 0 Å². The standard InChI is InChI=1S/C13H18ClP/c1-4-11-15(3,14,12-5-2)13-9-7-6-8-10-13/h4-10H,1-2,11-12H2,3H3. The molecule has 0 nitrogen and oxygen atoms in total. The van der Waals surface area contributed by atoms with Gasteiger partial charge in [0.25, 0.3) is 0 Å². The molecule has 0 aliphatic carbocycles. The van der Waals surface area contributed by atoms with Gasteiger partial charge in [-0.25, -0.2) is 0 Å². The van der Waals surface area contributed by atoms with Crippen LogP contribution in [0.15, 0.2) is 55.6 Å². The Kier molecular flexibility index (Phi) is 3.76. The predicted octanol–water partition coefficient (Wildman–Crippen LogP) is 4.02. The van der Waals surface area contributed by atoms with Crippen LogP contribution in [0.5, 0.6) is 0 Å². The fourth-order valence-corrected chi connectivity index (χ4v) is 5.63. The van der Waals surface area contributed by atoms with Crippen molar-refractivity contribution < 1.29 is 0 Å². The molecule has 2 heteroatoms. The van der Waals surface area contributed by atoms with Crippen LogP contribution < -0.4 is 5.30 Å². The maximum absolute atomic E-state index is 6.91. The van der Waals surface area contributed by atoms with Crippen LogP contribution in [0.25, 0.3) is 0 Å². The summed E-state index contributed by atoms with van der Waals surface area (Å²) >= 11 is 6.91. The van der Waals surface area contributed by atoms with Crippen molar-refractivity contribution in [2.75, 3.05) is 19.0 Å². The van der Waals surface area contributed by atoms with Crippen LogP contribution in [0.4, 0.5) is 0 Å². The third kappa shape index (κ3) is 2.71. The molecular formula is C13H18ClP. The van der Waals surface area contributed by atoms with Gasteiger partial charge >= 0.3 is 97.1 Å². The van der Waals surface area contributed by atoms with Gasteiger partial charge in [-0.3, -0.25) is 0 Å². The van der Waals surface area contributed by atoms with Crippen LogP contribution in [0.1, 0.15) is 0 Å². The zero-order valence-electron chi connectivity index (χ0n) is 9.20. The zero-order valence-corrected chi connectivity index (χ0v) is 10.8. The first-order chi connectivity index (χ1) is 7.02. The second kappa shape index (κ2) is 4.51. The van der Waals surface area contributed by atoms with Gasteiger partial charge in [-0.2, -0.15) is 0 Å². The summed E-state index contributed by atoms with van der Waals surface area (Å²) in [6.45, 7) is 9.80. The zero-order chi connectivity index (χ0) is 11.4. The molecule has 0 fully saturated rings. The van der Waals surface area contributed by atoms with E-state index < -0.39 is 5.96 Å². The average molecular weight is 241 g/mol. The summed E-state index contributed by atoms with van der Waals surface area (Å²) in [4.78, 5) is 0. The van der Waals surface area contributed by atoms with E-state index >= 15 is 0 Å². The first kappa shape index (κ1) is 12.5. The number of benzene rings is 1. The number of allylic oxidation sites excluding steroid dienone is 2. The van der Waals surface area contributed by atoms with E-state index in [9.17, 15) is 0 Å². The van der Waals surface area contributed by atoms with Crippen molar-refractivity contribution in [2.45, 2.75) is 0 Å². The molecule has 0 aliphatic rings. The van der Waals surface area contributed by atoms with E-state index in [2.05, 4.69) is 32.0 Å². The molecule has 0 radical (unpaired) electrons. The van der Waals surface area contributed by atoms with E-state index in [1.807, 2.05) is 30.4 Å². The van der Waals surface area contributed by atoms with E-state index in [1.54, 1.807) is 0 Å². The van der Waals surface area contributed by atoms with Gasteiger partial charge in [0.05, 0.1) is 0 Å². The van der Waals surface area contributed by atoms with Crippen molar-refractivity contribution in [3.8, 4) is 0 Å². The van der Waals surface area contributed by atoms with E-state index in [0.717, 1.165) is 12.3 Å². The van der Waals surface area contributed by atoms with Gasteiger partial charge in [-0.05, 0) is 0 Å². The normalized spacial score (nSPS) is 13.9. The van der Waals surface area contributed by atoms with Gasteiger partial charge in [0.2, 0.25) is 0 Å². The minimum absolute atomic E-state index is 0.850. The summed E-state index contributed by atoms with van der Waals surface area (Å²) in [7, 11) is 0. The Hall–Kier alpha value is -0.580. The fraction of sp³-hybridized carbons (Fsp3) is 0.231. The van der Waals surface area contributed by atoms with Crippen LogP contribution in [0.3, 0.4) is 0 Å². The molecule has 1 rings (SSSR count). The van der Waals surface area contributed by atoms with E-state index in [4.69, 9.17) is 11.2 Å². The quantitative estimate of drug-likeness (QED) is 0.539. The maximum atomic E-state index is 6.91. The van der Waals surface area contributed by atoms with E-state index in [0.29, 0.717) is 0 Å². The Morgan fingerprint density at radius 3 is 2.00 bits per heavy atom. The number of rotatable bonds is 5. The van der Waals surface area contributed by atoms with Crippen LogP contribution >= 0.6 is 17.2 Å². The molecule has 0 aromatic heterocycles. The minimum atomic E-state index is -2.37. The predicted molar refractivity (Wildman–Crippen MR) is 74.9 cm³/mol. The van der Waals surface area contributed by atoms with Crippen molar-refractivity contribution in [1.82, 2.24) is 0 Å². The average Bonchev–Trinajstić information content (AvgIpc) is 2.19. The Morgan fingerprint density at radius 1 is 1.13 bits per heavy atom. The van der Waals surface area contributed by atoms with Crippen molar-refractivity contribution in [3.05, 3.63) is 55.6 Å². The molecule has 15 heavy (non-hydrogen) atoms. The molecule has 1 aromatic carbocycles. The SMILES string of the molecule is C=CCP(C)(Cl)(CC=C)c1ccccc1.